The number of carbonyl (C=O) groups is 1. The van der Waals surface area contributed by atoms with E-state index >= 15 is 0 Å². The molecule has 4 aromatic rings. The number of aromatic nitrogens is 1. The van der Waals surface area contributed by atoms with Gasteiger partial charge in [0, 0.05) is 41.5 Å². The van der Waals surface area contributed by atoms with Crippen molar-refractivity contribution in [3.8, 4) is 29.4 Å². The maximum Gasteiger partial charge on any atom is 0.249 e. The van der Waals surface area contributed by atoms with Crippen molar-refractivity contribution in [3.05, 3.63) is 72.6 Å². The Morgan fingerprint density at radius 3 is 2.78 bits per heavy atom. The van der Waals surface area contributed by atoms with Crippen molar-refractivity contribution in [1.29, 1.82) is 0 Å². The van der Waals surface area contributed by atoms with Gasteiger partial charge in [-0.15, -0.1) is 17.8 Å². The summed E-state index contributed by atoms with van der Waals surface area (Å²) >= 11 is -0.306. The fourth-order valence-corrected chi connectivity index (χ4v) is 5.38. The van der Waals surface area contributed by atoms with E-state index in [1.54, 1.807) is 12.1 Å². The lowest BCUT2D eigenvalue weighted by Crippen LogP contribution is -2.15. The number of carbonyl (C=O) groups excluding carboxylic acids is 1. The fourth-order valence-electron chi connectivity index (χ4n) is 3.61. The zero-order valence-corrected chi connectivity index (χ0v) is 21.4. The summed E-state index contributed by atoms with van der Waals surface area (Å²) in [7, 11) is 3.95. The molecular weight excluding hydrogens is 492 g/mol. The zero-order valence-electron chi connectivity index (χ0n) is 19.8. The molecule has 0 aliphatic heterocycles. The molecule has 3 aromatic carbocycles. The van der Waals surface area contributed by atoms with Crippen LogP contribution in [-0.2, 0) is 16.2 Å². The number of thiazole rings is 1. The van der Waals surface area contributed by atoms with Crippen molar-refractivity contribution in [1.82, 2.24) is 4.98 Å². The molecule has 0 aliphatic carbocycles. The second-order valence-corrected chi connectivity index (χ2v) is 9.87. The monoisotopic (exact) mass is 516 g/mol. The number of nitrogens with zero attached hydrogens (tertiary/aromatic N) is 2. The molecule has 4 rings (SSSR count). The van der Waals surface area contributed by atoms with E-state index in [4.69, 9.17) is 11.2 Å². The first kappa shape index (κ1) is 25.1. The van der Waals surface area contributed by atoms with Crippen LogP contribution in [0.4, 0.5) is 16.5 Å². The highest BCUT2D eigenvalue weighted by atomic mass is 32.2. The molecule has 0 spiro atoms. The standard InChI is InChI=1S/C27H24N4O3S2/c1-5-15-34-24-14-13-18(22-17-35-27(28-22)29-26(32)6-2)16-21(24)30-36(33)25-12-8-9-19-20(25)10-7-11-23(19)31(3)4/h1,6-14,16-17,30H,2,15H2,3-4H3,(H,28,29,32). The summed E-state index contributed by atoms with van der Waals surface area (Å²) in [6.45, 7) is 3.51. The van der Waals surface area contributed by atoms with Crippen LogP contribution in [0, 0.1) is 12.3 Å². The molecule has 182 valence electrons. The molecule has 0 fully saturated rings. The Bertz CT molecular complexity index is 1460. The number of ether oxygens (including phenoxy) is 1. The number of amides is 1. The van der Waals surface area contributed by atoms with E-state index in [1.807, 2.05) is 66.8 Å². The summed E-state index contributed by atoms with van der Waals surface area (Å²) < 4.78 is 22.4. The van der Waals surface area contributed by atoms with E-state index in [9.17, 15) is 9.35 Å². The Hall–Kier alpha value is -3.97. The van der Waals surface area contributed by atoms with Crippen molar-refractivity contribution in [2.24, 2.45) is 0 Å². The minimum absolute atomic E-state index is 0.0650. The Morgan fingerprint density at radius 1 is 1.25 bits per heavy atom. The third-order valence-electron chi connectivity index (χ3n) is 5.25. The fraction of sp³-hybridized carbons (Fsp3) is 0.111. The number of benzene rings is 3. The van der Waals surface area contributed by atoms with Crippen LogP contribution >= 0.6 is 11.3 Å². The Labute approximate surface area is 217 Å². The van der Waals surface area contributed by atoms with Crippen LogP contribution in [0.5, 0.6) is 5.75 Å². The van der Waals surface area contributed by atoms with Gasteiger partial charge in [-0.25, -0.2) is 4.98 Å². The molecule has 7 nitrogen and oxygen atoms in total. The molecule has 1 amide bonds. The molecule has 0 aliphatic rings. The largest absolute Gasteiger partial charge is 0.588 e. The van der Waals surface area contributed by atoms with Gasteiger partial charge in [-0.1, -0.05) is 30.7 Å². The summed E-state index contributed by atoms with van der Waals surface area (Å²) in [5.41, 5.74) is 2.95. The summed E-state index contributed by atoms with van der Waals surface area (Å²) in [4.78, 5) is 18.7. The van der Waals surface area contributed by atoms with Crippen LogP contribution in [0.3, 0.4) is 0 Å². The van der Waals surface area contributed by atoms with Crippen LogP contribution < -0.4 is 19.7 Å². The van der Waals surface area contributed by atoms with Crippen LogP contribution in [0.1, 0.15) is 0 Å². The molecule has 0 saturated carbocycles. The second kappa shape index (κ2) is 11.2. The first-order valence-corrected chi connectivity index (χ1v) is 12.9. The van der Waals surface area contributed by atoms with Crippen molar-refractivity contribution in [2.45, 2.75) is 4.90 Å². The third-order valence-corrected chi connectivity index (χ3v) is 7.17. The van der Waals surface area contributed by atoms with Crippen molar-refractivity contribution < 1.29 is 14.1 Å². The van der Waals surface area contributed by atoms with E-state index in [0.29, 0.717) is 27.2 Å². The SMILES string of the molecule is C#CCOc1ccc(-c2csc(NC(=O)C=C)n2)cc1N[S+]([O-])c1cccc2c(N(C)C)cccc12. The zero-order chi connectivity index (χ0) is 25.7. The molecule has 9 heteroatoms. The number of hydrogen-bond donors (Lipinski definition) is 2. The van der Waals surface area contributed by atoms with Crippen molar-refractivity contribution in [3.63, 3.8) is 0 Å². The molecule has 0 radical (unpaired) electrons. The maximum atomic E-state index is 13.6. The molecule has 0 bridgehead atoms. The second-order valence-electron chi connectivity index (χ2n) is 7.83. The summed E-state index contributed by atoms with van der Waals surface area (Å²) in [6, 6.07) is 17.1. The number of terminal acetylenes is 1. The third kappa shape index (κ3) is 5.47. The van der Waals surface area contributed by atoms with Gasteiger partial charge in [0.1, 0.15) is 29.4 Å². The van der Waals surface area contributed by atoms with E-state index in [2.05, 4.69) is 27.5 Å². The molecule has 1 atom stereocenters. The van der Waals surface area contributed by atoms with Gasteiger partial charge in [0.05, 0.1) is 5.69 Å². The molecule has 1 unspecified atom stereocenters. The average Bonchev–Trinajstić information content (AvgIpc) is 3.35. The predicted molar refractivity (Wildman–Crippen MR) is 149 cm³/mol. The minimum atomic E-state index is -1.60. The first-order valence-electron chi connectivity index (χ1n) is 10.9. The highest BCUT2D eigenvalue weighted by Crippen LogP contribution is 2.36. The number of hydrogen-bond acceptors (Lipinski definition) is 7. The number of rotatable bonds is 9. The summed E-state index contributed by atoms with van der Waals surface area (Å²) in [5.74, 6) is 2.59. The molecule has 36 heavy (non-hydrogen) atoms. The van der Waals surface area contributed by atoms with Gasteiger partial charge in [0.15, 0.2) is 10.0 Å². The Balaban J connectivity index is 1.69. The molecule has 1 heterocycles. The van der Waals surface area contributed by atoms with Gasteiger partial charge in [-0.2, -0.15) is 4.72 Å². The topological polar surface area (TPSA) is 89.5 Å². The smallest absolute Gasteiger partial charge is 0.249 e. The molecule has 0 saturated heterocycles. The van der Waals surface area contributed by atoms with Gasteiger partial charge in [0.2, 0.25) is 5.91 Å². The normalized spacial score (nSPS) is 11.4. The van der Waals surface area contributed by atoms with Crippen molar-refractivity contribution >= 4 is 55.9 Å². The summed E-state index contributed by atoms with van der Waals surface area (Å²) in [5, 5.41) is 6.82. The maximum absolute atomic E-state index is 13.6. The van der Waals surface area contributed by atoms with Gasteiger partial charge in [-0.3, -0.25) is 10.1 Å². The molecular formula is C27H24N4O3S2. The van der Waals surface area contributed by atoms with Gasteiger partial charge in [-0.05, 0) is 42.5 Å². The number of anilines is 3. The van der Waals surface area contributed by atoms with E-state index in [1.165, 1.54) is 17.4 Å². The predicted octanol–water partition coefficient (Wildman–Crippen LogP) is 5.30. The van der Waals surface area contributed by atoms with Gasteiger partial charge >= 0.3 is 0 Å². The van der Waals surface area contributed by atoms with E-state index in [0.717, 1.165) is 22.0 Å². The van der Waals surface area contributed by atoms with E-state index < -0.39 is 11.4 Å². The number of nitrogens with one attached hydrogen (secondary N) is 2. The summed E-state index contributed by atoms with van der Waals surface area (Å²) in [6.07, 6.45) is 6.57. The number of fused-ring (bicyclic) bond motifs is 1. The van der Waals surface area contributed by atoms with Crippen LogP contribution in [-0.4, -0.2) is 36.1 Å². The van der Waals surface area contributed by atoms with E-state index in [-0.39, 0.29) is 12.5 Å². The Morgan fingerprint density at radius 2 is 2.03 bits per heavy atom. The van der Waals surface area contributed by atoms with Gasteiger partial charge in [0.25, 0.3) is 0 Å². The van der Waals surface area contributed by atoms with Crippen molar-refractivity contribution in [2.75, 3.05) is 35.6 Å². The lowest BCUT2D eigenvalue weighted by molar-refractivity contribution is -0.111. The first-order chi connectivity index (χ1) is 17.4. The van der Waals surface area contributed by atoms with Crippen LogP contribution in [0.2, 0.25) is 0 Å². The van der Waals surface area contributed by atoms with Crippen LogP contribution in [0.15, 0.2) is 77.5 Å². The van der Waals surface area contributed by atoms with Crippen LogP contribution in [0.25, 0.3) is 22.0 Å². The lowest BCUT2D eigenvalue weighted by Gasteiger charge is -2.19. The minimum Gasteiger partial charge on any atom is -0.588 e. The highest BCUT2D eigenvalue weighted by molar-refractivity contribution is 7.93. The lowest BCUT2D eigenvalue weighted by atomic mass is 10.1. The highest BCUT2D eigenvalue weighted by Gasteiger charge is 2.20. The van der Waals surface area contributed by atoms with Gasteiger partial charge < -0.3 is 14.2 Å². The Kier molecular flexibility index (Phi) is 7.80. The average molecular weight is 517 g/mol. The molecule has 2 N–H and O–H groups in total. The molecule has 1 aromatic heterocycles. The quantitative estimate of drug-likeness (QED) is 0.178.